The molecule has 0 radical (unpaired) electrons. The SMILES string of the molecule is CSc1ncc(C(=O)NNC(=O)C2CC2)c(OCC[Si](C)(C)C)n1. The van der Waals surface area contributed by atoms with E-state index in [9.17, 15) is 9.59 Å². The molecule has 2 N–H and O–H groups in total. The van der Waals surface area contributed by atoms with E-state index in [0.29, 0.717) is 11.8 Å². The van der Waals surface area contributed by atoms with Crippen molar-refractivity contribution < 1.29 is 14.3 Å². The highest BCUT2D eigenvalue weighted by molar-refractivity contribution is 7.98. The van der Waals surface area contributed by atoms with E-state index in [1.807, 2.05) is 6.26 Å². The monoisotopic (exact) mass is 368 g/mol. The minimum atomic E-state index is -1.24. The Morgan fingerprint density at radius 2 is 2.04 bits per heavy atom. The summed E-state index contributed by atoms with van der Waals surface area (Å²) in [5, 5.41) is 0.538. The van der Waals surface area contributed by atoms with Crippen molar-refractivity contribution in [2.75, 3.05) is 12.9 Å². The molecule has 2 amide bonds. The number of nitrogens with zero attached hydrogens (tertiary/aromatic N) is 2. The van der Waals surface area contributed by atoms with Crippen LogP contribution in [-0.2, 0) is 4.79 Å². The van der Waals surface area contributed by atoms with Crippen molar-refractivity contribution in [2.24, 2.45) is 5.92 Å². The van der Waals surface area contributed by atoms with Crippen LogP contribution in [0.15, 0.2) is 11.4 Å². The second kappa shape index (κ2) is 7.97. The summed E-state index contributed by atoms with van der Waals surface area (Å²) in [5.74, 6) is -0.357. The molecule has 0 atom stereocenters. The first-order valence-corrected chi connectivity index (χ1v) is 12.9. The summed E-state index contributed by atoms with van der Waals surface area (Å²) in [6.45, 7) is 7.27. The molecule has 1 heterocycles. The highest BCUT2D eigenvalue weighted by atomic mass is 32.2. The van der Waals surface area contributed by atoms with Gasteiger partial charge < -0.3 is 4.74 Å². The summed E-state index contributed by atoms with van der Waals surface area (Å²) >= 11 is 1.38. The average Bonchev–Trinajstić information content (AvgIpc) is 3.35. The molecule has 0 aliphatic heterocycles. The minimum Gasteiger partial charge on any atom is -0.477 e. The fraction of sp³-hybridized carbons (Fsp3) is 0.600. The second-order valence-electron chi connectivity index (χ2n) is 6.95. The Morgan fingerprint density at radius 3 is 2.62 bits per heavy atom. The molecular weight excluding hydrogens is 344 g/mol. The molecule has 132 valence electrons. The van der Waals surface area contributed by atoms with Gasteiger partial charge in [-0.1, -0.05) is 31.4 Å². The molecule has 1 aromatic rings. The van der Waals surface area contributed by atoms with Crippen LogP contribution < -0.4 is 15.6 Å². The number of aromatic nitrogens is 2. The van der Waals surface area contributed by atoms with Crippen molar-refractivity contribution in [1.29, 1.82) is 0 Å². The van der Waals surface area contributed by atoms with Gasteiger partial charge >= 0.3 is 0 Å². The lowest BCUT2D eigenvalue weighted by atomic mass is 10.3. The fourth-order valence-electron chi connectivity index (χ4n) is 1.80. The van der Waals surface area contributed by atoms with Crippen molar-refractivity contribution in [3.8, 4) is 5.88 Å². The fourth-order valence-corrected chi connectivity index (χ4v) is 2.85. The maximum absolute atomic E-state index is 12.3. The number of ether oxygens (including phenoxy) is 1. The van der Waals surface area contributed by atoms with E-state index in [4.69, 9.17) is 4.74 Å². The molecule has 1 aromatic heterocycles. The van der Waals surface area contributed by atoms with Gasteiger partial charge in [0.2, 0.25) is 11.8 Å². The van der Waals surface area contributed by atoms with Gasteiger partial charge in [0.15, 0.2) is 5.16 Å². The maximum Gasteiger partial charge on any atom is 0.276 e. The van der Waals surface area contributed by atoms with Gasteiger partial charge in [-0.05, 0) is 25.1 Å². The number of hydrogen-bond acceptors (Lipinski definition) is 6. The summed E-state index contributed by atoms with van der Waals surface area (Å²) in [7, 11) is -1.24. The van der Waals surface area contributed by atoms with Crippen LogP contribution in [0.4, 0.5) is 0 Å². The first kappa shape index (κ1) is 18.7. The molecule has 1 saturated carbocycles. The van der Waals surface area contributed by atoms with E-state index in [1.54, 1.807) is 0 Å². The Bertz CT molecular complexity index is 617. The van der Waals surface area contributed by atoms with E-state index in [2.05, 4.69) is 40.5 Å². The summed E-state index contributed by atoms with van der Waals surface area (Å²) in [6, 6.07) is 0.963. The molecule has 0 unspecified atom stereocenters. The Morgan fingerprint density at radius 1 is 1.33 bits per heavy atom. The third kappa shape index (κ3) is 5.79. The molecule has 0 spiro atoms. The van der Waals surface area contributed by atoms with Crippen LogP contribution in [0, 0.1) is 5.92 Å². The number of carbonyl (C=O) groups is 2. The largest absolute Gasteiger partial charge is 0.477 e. The van der Waals surface area contributed by atoms with Gasteiger partial charge in [0.1, 0.15) is 5.56 Å². The van der Waals surface area contributed by atoms with Crippen LogP contribution >= 0.6 is 11.8 Å². The van der Waals surface area contributed by atoms with E-state index in [-0.39, 0.29) is 23.3 Å². The smallest absolute Gasteiger partial charge is 0.276 e. The lowest BCUT2D eigenvalue weighted by molar-refractivity contribution is -0.123. The molecule has 2 rings (SSSR count). The minimum absolute atomic E-state index is 0.0212. The standard InChI is InChI=1S/C15H24N4O3SSi/c1-23-15-16-9-11(13(21)19-18-12(20)10-5-6-10)14(17-15)22-7-8-24(2,3)4/h9-10H,5-8H2,1-4H3,(H,18,20)(H,19,21). The Balaban J connectivity index is 2.02. The molecule has 9 heteroatoms. The van der Waals surface area contributed by atoms with Gasteiger partial charge in [-0.15, -0.1) is 0 Å². The number of hydrogen-bond donors (Lipinski definition) is 2. The van der Waals surface area contributed by atoms with Crippen molar-refractivity contribution in [3.05, 3.63) is 11.8 Å². The zero-order chi connectivity index (χ0) is 17.7. The van der Waals surface area contributed by atoms with Gasteiger partial charge in [-0.2, -0.15) is 4.98 Å². The van der Waals surface area contributed by atoms with Crippen molar-refractivity contribution >= 4 is 31.7 Å². The van der Waals surface area contributed by atoms with E-state index < -0.39 is 14.0 Å². The zero-order valence-corrected chi connectivity index (χ0v) is 16.3. The lowest BCUT2D eigenvalue weighted by Crippen LogP contribution is -2.42. The molecule has 1 aliphatic rings. The number of hydrazine groups is 1. The Labute approximate surface area is 147 Å². The highest BCUT2D eigenvalue weighted by Crippen LogP contribution is 2.28. The molecule has 1 fully saturated rings. The maximum atomic E-state index is 12.3. The second-order valence-corrected chi connectivity index (χ2v) is 13.3. The summed E-state index contributed by atoms with van der Waals surface area (Å²) in [6.07, 6.45) is 5.04. The van der Waals surface area contributed by atoms with E-state index in [0.717, 1.165) is 18.9 Å². The Hall–Kier alpha value is -1.61. The van der Waals surface area contributed by atoms with E-state index >= 15 is 0 Å². The predicted octanol–water partition coefficient (Wildman–Crippen LogP) is 2.09. The van der Waals surface area contributed by atoms with E-state index in [1.165, 1.54) is 18.0 Å². The van der Waals surface area contributed by atoms with Gasteiger partial charge in [-0.3, -0.25) is 20.4 Å². The summed E-state index contributed by atoms with van der Waals surface area (Å²) in [5.41, 5.74) is 5.06. The lowest BCUT2D eigenvalue weighted by Gasteiger charge is -2.17. The Kier molecular flexibility index (Phi) is 6.22. The van der Waals surface area contributed by atoms with Gasteiger partial charge in [-0.25, -0.2) is 4.98 Å². The third-order valence-corrected chi connectivity index (χ3v) is 5.76. The van der Waals surface area contributed by atoms with Crippen LogP contribution in [-0.4, -0.2) is 42.7 Å². The van der Waals surface area contributed by atoms with Crippen LogP contribution in [0.2, 0.25) is 25.7 Å². The predicted molar refractivity (Wildman–Crippen MR) is 95.8 cm³/mol. The molecule has 0 bridgehead atoms. The molecule has 0 aromatic carbocycles. The van der Waals surface area contributed by atoms with Crippen LogP contribution in [0.3, 0.4) is 0 Å². The highest BCUT2D eigenvalue weighted by Gasteiger charge is 2.30. The van der Waals surface area contributed by atoms with Crippen molar-refractivity contribution in [3.63, 3.8) is 0 Å². The summed E-state index contributed by atoms with van der Waals surface area (Å²) in [4.78, 5) is 32.3. The van der Waals surface area contributed by atoms with Crippen LogP contribution in [0.5, 0.6) is 5.88 Å². The first-order chi connectivity index (χ1) is 11.3. The van der Waals surface area contributed by atoms with Crippen LogP contribution in [0.25, 0.3) is 0 Å². The first-order valence-electron chi connectivity index (χ1n) is 7.94. The molecular formula is C15H24N4O3SSi. The number of rotatable bonds is 7. The quantitative estimate of drug-likeness (QED) is 0.331. The molecule has 0 saturated heterocycles. The number of nitrogens with one attached hydrogen (secondary N) is 2. The van der Waals surface area contributed by atoms with Crippen molar-refractivity contribution in [2.45, 2.75) is 43.7 Å². The topological polar surface area (TPSA) is 93.2 Å². The van der Waals surface area contributed by atoms with Crippen molar-refractivity contribution in [1.82, 2.24) is 20.8 Å². The number of amides is 2. The third-order valence-electron chi connectivity index (χ3n) is 3.50. The molecule has 24 heavy (non-hydrogen) atoms. The van der Waals surface area contributed by atoms with Gasteiger partial charge in [0, 0.05) is 20.2 Å². The molecule has 7 nitrogen and oxygen atoms in total. The van der Waals surface area contributed by atoms with Crippen LogP contribution in [0.1, 0.15) is 23.2 Å². The van der Waals surface area contributed by atoms with Gasteiger partial charge in [0.05, 0.1) is 6.61 Å². The zero-order valence-electron chi connectivity index (χ0n) is 14.5. The number of carbonyl (C=O) groups excluding carboxylic acids is 2. The summed E-state index contributed by atoms with van der Waals surface area (Å²) < 4.78 is 5.74. The average molecular weight is 369 g/mol. The normalized spacial score (nSPS) is 14.2. The molecule has 1 aliphatic carbocycles. The number of thioether (sulfide) groups is 1. The van der Waals surface area contributed by atoms with Gasteiger partial charge in [0.25, 0.3) is 5.91 Å².